The third-order valence-electron chi connectivity index (χ3n) is 3.32. The Kier molecular flexibility index (Phi) is 3.79. The van der Waals surface area contributed by atoms with Crippen LogP contribution in [0.15, 0.2) is 30.3 Å². The highest BCUT2D eigenvalue weighted by molar-refractivity contribution is 5.14. The van der Waals surface area contributed by atoms with E-state index < -0.39 is 0 Å². The van der Waals surface area contributed by atoms with Gasteiger partial charge in [-0.25, -0.2) is 0 Å². The predicted molar refractivity (Wildman–Crippen MR) is 64.7 cm³/mol. The Bertz CT molecular complexity index is 281. The number of likely N-dealkylation sites (tertiary alicyclic amines) is 1. The van der Waals surface area contributed by atoms with Crippen molar-refractivity contribution in [3.05, 3.63) is 35.9 Å². The largest absolute Gasteiger partial charge is 0.299 e. The van der Waals surface area contributed by atoms with E-state index in [1.165, 1.54) is 37.9 Å². The molecule has 82 valence electrons. The standard InChI is InChI=1S/C14H21N/c1-2-6-13-9-10-15(11-13)12-14-7-4-3-5-8-14/h3-5,7-8,13H,2,6,9-12H2,1H3. The fraction of sp³-hybridized carbons (Fsp3) is 0.571. The van der Waals surface area contributed by atoms with Crippen LogP contribution in [-0.2, 0) is 6.54 Å². The van der Waals surface area contributed by atoms with Crippen molar-refractivity contribution in [2.45, 2.75) is 32.7 Å². The second kappa shape index (κ2) is 5.32. The van der Waals surface area contributed by atoms with Crippen LogP contribution < -0.4 is 0 Å². The molecule has 0 bridgehead atoms. The van der Waals surface area contributed by atoms with Crippen LogP contribution in [0, 0.1) is 5.92 Å². The van der Waals surface area contributed by atoms with Crippen molar-refractivity contribution in [1.82, 2.24) is 4.90 Å². The van der Waals surface area contributed by atoms with Crippen molar-refractivity contribution < 1.29 is 0 Å². The minimum absolute atomic E-state index is 0.957. The Morgan fingerprint density at radius 1 is 1.27 bits per heavy atom. The Labute approximate surface area is 93.1 Å². The zero-order valence-corrected chi connectivity index (χ0v) is 9.65. The number of benzene rings is 1. The van der Waals surface area contributed by atoms with Gasteiger partial charge >= 0.3 is 0 Å². The fourth-order valence-corrected chi connectivity index (χ4v) is 2.54. The molecule has 0 N–H and O–H groups in total. The van der Waals surface area contributed by atoms with E-state index in [2.05, 4.69) is 42.2 Å². The smallest absolute Gasteiger partial charge is 0.0233 e. The van der Waals surface area contributed by atoms with Gasteiger partial charge in [0.05, 0.1) is 0 Å². The van der Waals surface area contributed by atoms with E-state index in [1.807, 2.05) is 0 Å². The topological polar surface area (TPSA) is 3.24 Å². The van der Waals surface area contributed by atoms with Gasteiger partial charge in [0.2, 0.25) is 0 Å². The Balaban J connectivity index is 1.82. The highest BCUT2D eigenvalue weighted by Crippen LogP contribution is 2.22. The summed E-state index contributed by atoms with van der Waals surface area (Å²) in [5, 5.41) is 0. The van der Waals surface area contributed by atoms with Crippen LogP contribution >= 0.6 is 0 Å². The molecule has 1 aromatic carbocycles. The quantitative estimate of drug-likeness (QED) is 0.725. The first-order valence-electron chi connectivity index (χ1n) is 6.14. The molecule has 0 aromatic heterocycles. The summed E-state index contributed by atoms with van der Waals surface area (Å²) in [5.74, 6) is 0.957. The van der Waals surface area contributed by atoms with E-state index in [9.17, 15) is 0 Å². The van der Waals surface area contributed by atoms with Crippen LogP contribution in [0.25, 0.3) is 0 Å². The average molecular weight is 203 g/mol. The van der Waals surface area contributed by atoms with Gasteiger partial charge in [0.15, 0.2) is 0 Å². The second-order valence-electron chi connectivity index (χ2n) is 4.66. The highest BCUT2D eigenvalue weighted by Gasteiger charge is 2.21. The van der Waals surface area contributed by atoms with Crippen LogP contribution in [0.1, 0.15) is 31.7 Å². The number of nitrogens with zero attached hydrogens (tertiary/aromatic N) is 1. The van der Waals surface area contributed by atoms with Gasteiger partial charge in [0.25, 0.3) is 0 Å². The van der Waals surface area contributed by atoms with Gasteiger partial charge in [-0.05, 0) is 30.9 Å². The van der Waals surface area contributed by atoms with E-state index in [4.69, 9.17) is 0 Å². The van der Waals surface area contributed by atoms with E-state index in [0.717, 1.165) is 12.5 Å². The summed E-state index contributed by atoms with van der Waals surface area (Å²) in [7, 11) is 0. The van der Waals surface area contributed by atoms with Gasteiger partial charge in [-0.3, -0.25) is 4.90 Å². The van der Waals surface area contributed by atoms with Gasteiger partial charge in [-0.2, -0.15) is 0 Å². The molecule has 1 fully saturated rings. The molecule has 1 heterocycles. The van der Waals surface area contributed by atoms with Gasteiger partial charge < -0.3 is 0 Å². The zero-order valence-electron chi connectivity index (χ0n) is 9.65. The normalized spacial score (nSPS) is 22.1. The number of rotatable bonds is 4. The van der Waals surface area contributed by atoms with Crippen LogP contribution in [0.5, 0.6) is 0 Å². The SMILES string of the molecule is CCCC1CCN(Cc2ccccc2)C1. The third-order valence-corrected chi connectivity index (χ3v) is 3.32. The summed E-state index contributed by atoms with van der Waals surface area (Å²) in [4.78, 5) is 2.59. The maximum absolute atomic E-state index is 2.59. The molecule has 0 radical (unpaired) electrons. The van der Waals surface area contributed by atoms with Crippen molar-refractivity contribution in [2.75, 3.05) is 13.1 Å². The molecule has 0 saturated carbocycles. The Morgan fingerprint density at radius 3 is 2.80 bits per heavy atom. The monoisotopic (exact) mass is 203 g/mol. The minimum Gasteiger partial charge on any atom is -0.299 e. The van der Waals surface area contributed by atoms with E-state index >= 15 is 0 Å². The summed E-state index contributed by atoms with van der Waals surface area (Å²) in [5.41, 5.74) is 1.45. The fourth-order valence-electron chi connectivity index (χ4n) is 2.54. The lowest BCUT2D eigenvalue weighted by Crippen LogP contribution is -2.19. The summed E-state index contributed by atoms with van der Waals surface area (Å²) in [6.07, 6.45) is 4.15. The summed E-state index contributed by atoms with van der Waals surface area (Å²) < 4.78 is 0. The first-order valence-corrected chi connectivity index (χ1v) is 6.14. The van der Waals surface area contributed by atoms with Crippen LogP contribution in [0.4, 0.5) is 0 Å². The molecular formula is C14H21N. The summed E-state index contributed by atoms with van der Waals surface area (Å²) >= 11 is 0. The molecule has 1 saturated heterocycles. The van der Waals surface area contributed by atoms with Crippen molar-refractivity contribution in [2.24, 2.45) is 5.92 Å². The Hall–Kier alpha value is -0.820. The summed E-state index contributed by atoms with van der Waals surface area (Å²) in [6.45, 7) is 6.03. The zero-order chi connectivity index (χ0) is 10.5. The lowest BCUT2D eigenvalue weighted by Gasteiger charge is -2.15. The highest BCUT2D eigenvalue weighted by atomic mass is 15.1. The maximum atomic E-state index is 2.59. The molecule has 1 atom stereocenters. The van der Waals surface area contributed by atoms with Crippen molar-refractivity contribution in [3.63, 3.8) is 0 Å². The molecule has 1 unspecified atom stereocenters. The first-order chi connectivity index (χ1) is 7.38. The molecule has 15 heavy (non-hydrogen) atoms. The molecule has 0 aliphatic carbocycles. The average Bonchev–Trinajstić information content (AvgIpc) is 2.68. The molecule has 1 aliphatic rings. The van der Waals surface area contributed by atoms with Crippen LogP contribution in [-0.4, -0.2) is 18.0 Å². The lowest BCUT2D eigenvalue weighted by atomic mass is 10.0. The minimum atomic E-state index is 0.957. The predicted octanol–water partition coefficient (Wildman–Crippen LogP) is 3.31. The molecule has 0 spiro atoms. The molecule has 1 aliphatic heterocycles. The molecular weight excluding hydrogens is 182 g/mol. The van der Waals surface area contributed by atoms with Gasteiger partial charge in [0, 0.05) is 13.1 Å². The number of hydrogen-bond acceptors (Lipinski definition) is 1. The second-order valence-corrected chi connectivity index (χ2v) is 4.66. The molecule has 1 aromatic rings. The van der Waals surface area contributed by atoms with Crippen molar-refractivity contribution >= 4 is 0 Å². The number of hydrogen-bond donors (Lipinski definition) is 0. The van der Waals surface area contributed by atoms with E-state index in [1.54, 1.807) is 0 Å². The molecule has 1 heteroatoms. The first kappa shape index (κ1) is 10.7. The van der Waals surface area contributed by atoms with Gasteiger partial charge in [-0.15, -0.1) is 0 Å². The summed E-state index contributed by atoms with van der Waals surface area (Å²) in [6, 6.07) is 10.8. The van der Waals surface area contributed by atoms with Gasteiger partial charge in [0.1, 0.15) is 0 Å². The Morgan fingerprint density at radius 2 is 2.07 bits per heavy atom. The van der Waals surface area contributed by atoms with Crippen molar-refractivity contribution in [3.8, 4) is 0 Å². The maximum Gasteiger partial charge on any atom is 0.0233 e. The third kappa shape index (κ3) is 3.07. The lowest BCUT2D eigenvalue weighted by molar-refractivity contribution is 0.313. The van der Waals surface area contributed by atoms with Gasteiger partial charge in [-0.1, -0.05) is 43.7 Å². The van der Waals surface area contributed by atoms with E-state index in [-0.39, 0.29) is 0 Å². The van der Waals surface area contributed by atoms with Crippen LogP contribution in [0.2, 0.25) is 0 Å². The van der Waals surface area contributed by atoms with Crippen molar-refractivity contribution in [1.29, 1.82) is 0 Å². The van der Waals surface area contributed by atoms with Crippen LogP contribution in [0.3, 0.4) is 0 Å². The molecule has 1 nitrogen and oxygen atoms in total. The van der Waals surface area contributed by atoms with E-state index in [0.29, 0.717) is 0 Å². The molecule has 2 rings (SSSR count). The molecule has 0 amide bonds.